The van der Waals surface area contributed by atoms with Crippen molar-refractivity contribution in [2.45, 2.75) is 13.0 Å². The Morgan fingerprint density at radius 1 is 1.25 bits per heavy atom. The SMILES string of the molecule is CNC(C)c1nc(-c2cc(OC)c(Br)cc2OC)cs1. The van der Waals surface area contributed by atoms with Gasteiger partial charge in [0.15, 0.2) is 0 Å². The summed E-state index contributed by atoms with van der Waals surface area (Å²) in [5.41, 5.74) is 1.83. The predicted molar refractivity (Wildman–Crippen MR) is 85.8 cm³/mol. The van der Waals surface area contributed by atoms with Gasteiger partial charge in [-0.15, -0.1) is 11.3 Å². The van der Waals surface area contributed by atoms with Gasteiger partial charge in [0, 0.05) is 10.9 Å². The van der Waals surface area contributed by atoms with E-state index >= 15 is 0 Å². The molecule has 2 rings (SSSR count). The van der Waals surface area contributed by atoms with Crippen molar-refractivity contribution in [2.75, 3.05) is 21.3 Å². The van der Waals surface area contributed by atoms with Crippen molar-refractivity contribution in [3.63, 3.8) is 0 Å². The summed E-state index contributed by atoms with van der Waals surface area (Å²) in [6.45, 7) is 2.09. The zero-order valence-corrected chi connectivity index (χ0v) is 14.3. The lowest BCUT2D eigenvalue weighted by molar-refractivity contribution is 0.402. The van der Waals surface area contributed by atoms with Crippen LogP contribution in [-0.2, 0) is 0 Å². The summed E-state index contributed by atoms with van der Waals surface area (Å²) in [5.74, 6) is 1.53. The number of nitrogens with zero attached hydrogens (tertiary/aromatic N) is 1. The molecule has 4 nitrogen and oxygen atoms in total. The van der Waals surface area contributed by atoms with Crippen molar-refractivity contribution >= 4 is 27.3 Å². The largest absolute Gasteiger partial charge is 0.496 e. The van der Waals surface area contributed by atoms with Crippen LogP contribution in [0.25, 0.3) is 11.3 Å². The van der Waals surface area contributed by atoms with E-state index in [9.17, 15) is 0 Å². The molecule has 6 heteroatoms. The zero-order valence-electron chi connectivity index (χ0n) is 11.9. The number of thiazole rings is 1. The van der Waals surface area contributed by atoms with E-state index in [4.69, 9.17) is 9.47 Å². The molecule has 0 amide bonds. The molecule has 0 spiro atoms. The van der Waals surface area contributed by atoms with Crippen molar-refractivity contribution < 1.29 is 9.47 Å². The van der Waals surface area contributed by atoms with Crippen LogP contribution < -0.4 is 14.8 Å². The Labute approximate surface area is 131 Å². The molecule has 0 radical (unpaired) electrons. The Balaban J connectivity index is 2.48. The van der Waals surface area contributed by atoms with Gasteiger partial charge in [0.2, 0.25) is 0 Å². The fourth-order valence-corrected chi connectivity index (χ4v) is 3.16. The summed E-state index contributed by atoms with van der Waals surface area (Å²) >= 11 is 5.09. The smallest absolute Gasteiger partial charge is 0.133 e. The van der Waals surface area contributed by atoms with E-state index in [1.165, 1.54) is 0 Å². The highest BCUT2D eigenvalue weighted by Crippen LogP contribution is 2.39. The van der Waals surface area contributed by atoms with E-state index in [1.807, 2.05) is 24.6 Å². The quantitative estimate of drug-likeness (QED) is 0.882. The number of hydrogen-bond donors (Lipinski definition) is 1. The third kappa shape index (κ3) is 2.97. The van der Waals surface area contributed by atoms with E-state index in [1.54, 1.807) is 25.6 Å². The molecule has 1 aromatic heterocycles. The second-order valence-electron chi connectivity index (χ2n) is 4.27. The third-order valence-electron chi connectivity index (χ3n) is 3.08. The minimum Gasteiger partial charge on any atom is -0.496 e. The number of halogens is 1. The van der Waals surface area contributed by atoms with Gasteiger partial charge in [-0.25, -0.2) is 4.98 Å². The van der Waals surface area contributed by atoms with Crippen LogP contribution >= 0.6 is 27.3 Å². The van der Waals surface area contributed by atoms with Gasteiger partial charge in [-0.05, 0) is 42.0 Å². The topological polar surface area (TPSA) is 43.4 Å². The standard InChI is InChI=1S/C14H17BrN2O2S/c1-8(16-2)14-17-11(7-20-14)9-5-13(19-4)10(15)6-12(9)18-3/h5-8,16H,1-4H3. The molecule has 0 aliphatic carbocycles. The number of aromatic nitrogens is 1. The Hall–Kier alpha value is -1.11. The van der Waals surface area contributed by atoms with Crippen LogP contribution in [0.2, 0.25) is 0 Å². The van der Waals surface area contributed by atoms with Gasteiger partial charge in [-0.2, -0.15) is 0 Å². The number of hydrogen-bond acceptors (Lipinski definition) is 5. The molecule has 0 saturated carbocycles. The molecule has 108 valence electrons. The molecular weight excluding hydrogens is 340 g/mol. The van der Waals surface area contributed by atoms with Gasteiger partial charge in [0.25, 0.3) is 0 Å². The third-order valence-corrected chi connectivity index (χ3v) is 4.72. The lowest BCUT2D eigenvalue weighted by atomic mass is 10.1. The summed E-state index contributed by atoms with van der Waals surface area (Å²) in [6, 6.07) is 4.07. The first-order valence-electron chi connectivity index (χ1n) is 6.15. The molecule has 1 heterocycles. The minimum atomic E-state index is 0.233. The van der Waals surface area contributed by atoms with Gasteiger partial charge in [0.1, 0.15) is 16.5 Å². The first-order chi connectivity index (χ1) is 9.60. The van der Waals surface area contributed by atoms with Crippen LogP contribution in [0.1, 0.15) is 18.0 Å². The number of ether oxygens (including phenoxy) is 2. The molecule has 1 N–H and O–H groups in total. The predicted octanol–water partition coefficient (Wildman–Crippen LogP) is 3.87. The summed E-state index contributed by atoms with van der Waals surface area (Å²) in [6.07, 6.45) is 0. The molecule has 0 saturated heterocycles. The maximum absolute atomic E-state index is 5.44. The Morgan fingerprint density at radius 3 is 2.55 bits per heavy atom. The molecular formula is C14H17BrN2O2S. The van der Waals surface area contributed by atoms with Crippen molar-refractivity contribution in [1.29, 1.82) is 0 Å². The van der Waals surface area contributed by atoms with Crippen LogP contribution in [0.4, 0.5) is 0 Å². The van der Waals surface area contributed by atoms with Gasteiger partial charge >= 0.3 is 0 Å². The summed E-state index contributed by atoms with van der Waals surface area (Å²) < 4.78 is 11.6. The second kappa shape index (κ2) is 6.56. The highest BCUT2D eigenvalue weighted by atomic mass is 79.9. The molecule has 0 bridgehead atoms. The Kier molecular flexibility index (Phi) is 5.01. The monoisotopic (exact) mass is 356 g/mol. The molecule has 2 aromatic rings. The summed E-state index contributed by atoms with van der Waals surface area (Å²) in [4.78, 5) is 4.67. The molecule has 0 fully saturated rings. The van der Waals surface area contributed by atoms with E-state index < -0.39 is 0 Å². The van der Waals surface area contributed by atoms with Gasteiger partial charge in [-0.3, -0.25) is 0 Å². The zero-order chi connectivity index (χ0) is 14.7. The maximum Gasteiger partial charge on any atom is 0.133 e. The molecule has 20 heavy (non-hydrogen) atoms. The van der Waals surface area contributed by atoms with Gasteiger partial charge in [0.05, 0.1) is 30.4 Å². The highest BCUT2D eigenvalue weighted by molar-refractivity contribution is 9.10. The van der Waals surface area contributed by atoms with Crippen molar-refractivity contribution in [2.24, 2.45) is 0 Å². The fraction of sp³-hybridized carbons (Fsp3) is 0.357. The van der Waals surface area contributed by atoms with Crippen LogP contribution in [-0.4, -0.2) is 26.3 Å². The van der Waals surface area contributed by atoms with Crippen LogP contribution in [0, 0.1) is 0 Å². The number of rotatable bonds is 5. The molecule has 1 aromatic carbocycles. The highest BCUT2D eigenvalue weighted by Gasteiger charge is 2.15. The average Bonchev–Trinajstić information content (AvgIpc) is 2.95. The second-order valence-corrected chi connectivity index (χ2v) is 6.01. The fourth-order valence-electron chi connectivity index (χ4n) is 1.79. The van der Waals surface area contributed by atoms with Crippen LogP contribution in [0.3, 0.4) is 0 Å². The maximum atomic E-state index is 5.44. The van der Waals surface area contributed by atoms with Crippen LogP contribution in [0.5, 0.6) is 11.5 Å². The molecule has 1 atom stereocenters. The minimum absolute atomic E-state index is 0.233. The molecule has 0 aliphatic rings. The Morgan fingerprint density at radius 2 is 1.95 bits per heavy atom. The number of nitrogens with one attached hydrogen (secondary N) is 1. The summed E-state index contributed by atoms with van der Waals surface area (Å²) in [5, 5.41) is 6.27. The van der Waals surface area contributed by atoms with Gasteiger partial charge < -0.3 is 14.8 Å². The lowest BCUT2D eigenvalue weighted by Crippen LogP contribution is -2.11. The van der Waals surface area contributed by atoms with Crippen molar-refractivity contribution in [3.05, 3.63) is 27.0 Å². The van der Waals surface area contributed by atoms with E-state index in [0.717, 1.165) is 32.2 Å². The summed E-state index contributed by atoms with van der Waals surface area (Å²) in [7, 11) is 5.22. The van der Waals surface area contributed by atoms with E-state index in [0.29, 0.717) is 0 Å². The molecule has 1 unspecified atom stereocenters. The Bertz CT molecular complexity index is 601. The first-order valence-corrected chi connectivity index (χ1v) is 7.82. The first kappa shape index (κ1) is 15.3. The lowest BCUT2D eigenvalue weighted by Gasteiger charge is -2.11. The average molecular weight is 357 g/mol. The van der Waals surface area contributed by atoms with Crippen molar-refractivity contribution in [3.8, 4) is 22.8 Å². The molecule has 0 aliphatic heterocycles. The van der Waals surface area contributed by atoms with E-state index in [2.05, 4.69) is 33.2 Å². The van der Waals surface area contributed by atoms with Gasteiger partial charge in [-0.1, -0.05) is 0 Å². The van der Waals surface area contributed by atoms with Crippen molar-refractivity contribution in [1.82, 2.24) is 10.3 Å². The van der Waals surface area contributed by atoms with Crippen LogP contribution in [0.15, 0.2) is 22.0 Å². The normalized spacial score (nSPS) is 12.2. The van der Waals surface area contributed by atoms with E-state index in [-0.39, 0.29) is 6.04 Å². The number of benzene rings is 1. The number of methoxy groups -OCH3 is 2.